The lowest BCUT2D eigenvalue weighted by molar-refractivity contribution is 0.659. The molecule has 1 aliphatic rings. The number of hydrogen-bond donors (Lipinski definition) is 1. The summed E-state index contributed by atoms with van der Waals surface area (Å²) in [6.07, 6.45) is 2.89. The van der Waals surface area contributed by atoms with Crippen LogP contribution < -0.4 is 10.6 Å². The number of nitrogen functional groups attached to an aromatic ring is 1. The molecular weight excluding hydrogens is 344 g/mol. The molecule has 1 unspecified atom stereocenters. The molecule has 1 atom stereocenters. The van der Waals surface area contributed by atoms with E-state index in [4.69, 9.17) is 10.7 Å². The quantitative estimate of drug-likeness (QED) is 0.766. The number of nitrogens with zero attached hydrogens (tertiary/aromatic N) is 5. The molecule has 3 aromatic heterocycles. The van der Waals surface area contributed by atoms with Crippen molar-refractivity contribution in [2.24, 2.45) is 5.92 Å². The topological polar surface area (TPSA) is 91.7 Å². The second kappa shape index (κ2) is 6.73. The zero-order valence-electron chi connectivity index (χ0n) is 14.4. The number of hydrogen-bond acceptors (Lipinski definition) is 7. The SMILES string of the molecule is CC1CCN(c2cccc(-c3nc(-c4nccs4)cc(N)c3C#N)n2)C1. The van der Waals surface area contributed by atoms with E-state index in [-0.39, 0.29) is 0 Å². The Kier molecular flexibility index (Phi) is 4.27. The van der Waals surface area contributed by atoms with Gasteiger partial charge in [-0.25, -0.2) is 15.0 Å². The van der Waals surface area contributed by atoms with Crippen molar-refractivity contribution < 1.29 is 0 Å². The van der Waals surface area contributed by atoms with E-state index in [0.717, 1.165) is 23.9 Å². The van der Waals surface area contributed by atoms with Crippen LogP contribution in [0.2, 0.25) is 0 Å². The second-order valence-electron chi connectivity index (χ2n) is 6.49. The highest BCUT2D eigenvalue weighted by Crippen LogP contribution is 2.31. The van der Waals surface area contributed by atoms with Gasteiger partial charge in [0.25, 0.3) is 0 Å². The molecule has 6 nitrogen and oxygen atoms in total. The van der Waals surface area contributed by atoms with Crippen molar-refractivity contribution in [1.82, 2.24) is 15.0 Å². The van der Waals surface area contributed by atoms with Crippen LogP contribution >= 0.6 is 11.3 Å². The Morgan fingerprint density at radius 1 is 1.31 bits per heavy atom. The van der Waals surface area contributed by atoms with Crippen molar-refractivity contribution in [2.45, 2.75) is 13.3 Å². The predicted molar refractivity (Wildman–Crippen MR) is 104 cm³/mol. The van der Waals surface area contributed by atoms with Crippen molar-refractivity contribution >= 4 is 22.8 Å². The van der Waals surface area contributed by atoms with Gasteiger partial charge in [0, 0.05) is 24.7 Å². The first-order chi connectivity index (χ1) is 12.7. The van der Waals surface area contributed by atoms with Crippen LogP contribution in [0.4, 0.5) is 11.5 Å². The maximum Gasteiger partial charge on any atom is 0.141 e. The summed E-state index contributed by atoms with van der Waals surface area (Å²) in [5.74, 6) is 1.58. The summed E-state index contributed by atoms with van der Waals surface area (Å²) in [6, 6.07) is 9.70. The van der Waals surface area contributed by atoms with Crippen LogP contribution in [0.25, 0.3) is 22.1 Å². The van der Waals surface area contributed by atoms with Crippen LogP contribution in [0.3, 0.4) is 0 Å². The molecule has 26 heavy (non-hydrogen) atoms. The van der Waals surface area contributed by atoms with E-state index in [2.05, 4.69) is 27.9 Å². The minimum Gasteiger partial charge on any atom is -0.398 e. The maximum atomic E-state index is 9.58. The third kappa shape index (κ3) is 3.00. The van der Waals surface area contributed by atoms with Gasteiger partial charge >= 0.3 is 0 Å². The average molecular weight is 362 g/mol. The highest BCUT2D eigenvalue weighted by atomic mass is 32.1. The summed E-state index contributed by atoms with van der Waals surface area (Å²) in [5.41, 5.74) is 8.70. The first-order valence-corrected chi connectivity index (χ1v) is 9.36. The molecule has 0 radical (unpaired) electrons. The van der Waals surface area contributed by atoms with E-state index in [1.54, 1.807) is 12.3 Å². The second-order valence-corrected chi connectivity index (χ2v) is 7.38. The van der Waals surface area contributed by atoms with Gasteiger partial charge in [-0.1, -0.05) is 13.0 Å². The van der Waals surface area contributed by atoms with Crippen molar-refractivity contribution in [2.75, 3.05) is 23.7 Å². The number of thiazole rings is 1. The van der Waals surface area contributed by atoms with E-state index < -0.39 is 0 Å². The van der Waals surface area contributed by atoms with Gasteiger partial charge in [0.2, 0.25) is 0 Å². The Morgan fingerprint density at radius 2 is 2.19 bits per heavy atom. The summed E-state index contributed by atoms with van der Waals surface area (Å²) < 4.78 is 0. The fourth-order valence-corrected chi connectivity index (χ4v) is 3.80. The zero-order valence-corrected chi connectivity index (χ0v) is 15.2. The molecule has 0 spiro atoms. The molecule has 7 heteroatoms. The van der Waals surface area contributed by atoms with Crippen LogP contribution in [-0.2, 0) is 0 Å². The lowest BCUT2D eigenvalue weighted by Gasteiger charge is -2.18. The smallest absolute Gasteiger partial charge is 0.141 e. The van der Waals surface area contributed by atoms with Gasteiger partial charge in [-0.05, 0) is 30.5 Å². The monoisotopic (exact) mass is 362 g/mol. The Morgan fingerprint density at radius 3 is 2.88 bits per heavy atom. The molecule has 1 saturated heterocycles. The van der Waals surface area contributed by atoms with Crippen molar-refractivity contribution in [3.05, 3.63) is 41.4 Å². The highest BCUT2D eigenvalue weighted by molar-refractivity contribution is 7.13. The Bertz CT molecular complexity index is 976. The normalized spacial score (nSPS) is 16.6. The standard InChI is InChI=1S/C19H18N6S/c1-12-5-7-25(11-12)17-4-2-3-15(23-17)18-13(10-20)14(21)9-16(24-18)19-22-6-8-26-19/h2-4,6,8-9,12H,5,7,11H2,1H3,(H2,21,24). The fourth-order valence-electron chi connectivity index (χ4n) is 3.20. The Balaban J connectivity index is 1.81. The van der Waals surface area contributed by atoms with Gasteiger partial charge in [0.1, 0.15) is 33.8 Å². The van der Waals surface area contributed by atoms with Crippen LogP contribution in [0.15, 0.2) is 35.8 Å². The Hall–Kier alpha value is -2.98. The van der Waals surface area contributed by atoms with E-state index in [9.17, 15) is 5.26 Å². The molecule has 2 N–H and O–H groups in total. The number of nitriles is 1. The van der Waals surface area contributed by atoms with Gasteiger partial charge in [-0.15, -0.1) is 11.3 Å². The summed E-state index contributed by atoms with van der Waals surface area (Å²) in [5, 5.41) is 12.2. The first kappa shape index (κ1) is 16.5. The minimum atomic E-state index is 0.352. The maximum absolute atomic E-state index is 9.58. The minimum absolute atomic E-state index is 0.352. The fraction of sp³-hybridized carbons (Fsp3) is 0.263. The molecule has 4 heterocycles. The summed E-state index contributed by atoms with van der Waals surface area (Å²) >= 11 is 1.49. The van der Waals surface area contributed by atoms with Gasteiger partial charge in [-0.2, -0.15) is 5.26 Å². The number of nitrogens with two attached hydrogens (primary N) is 1. The molecule has 0 aliphatic carbocycles. The first-order valence-electron chi connectivity index (χ1n) is 8.48. The van der Waals surface area contributed by atoms with Gasteiger partial charge < -0.3 is 10.6 Å². The van der Waals surface area contributed by atoms with Crippen molar-refractivity contribution in [1.29, 1.82) is 5.26 Å². The molecule has 1 aliphatic heterocycles. The van der Waals surface area contributed by atoms with E-state index >= 15 is 0 Å². The molecule has 0 saturated carbocycles. The summed E-state index contributed by atoms with van der Waals surface area (Å²) in [6.45, 7) is 4.24. The number of anilines is 2. The summed E-state index contributed by atoms with van der Waals surface area (Å²) in [4.78, 5) is 16.0. The lowest BCUT2D eigenvalue weighted by atomic mass is 10.1. The molecule has 130 valence electrons. The molecule has 3 aromatic rings. The largest absolute Gasteiger partial charge is 0.398 e. The summed E-state index contributed by atoms with van der Waals surface area (Å²) in [7, 11) is 0. The molecule has 4 rings (SSSR count). The van der Waals surface area contributed by atoms with Gasteiger partial charge in [0.15, 0.2) is 0 Å². The number of pyridine rings is 2. The Labute approximate surface area is 156 Å². The molecule has 0 amide bonds. The number of aromatic nitrogens is 3. The van der Waals surface area contributed by atoms with Crippen molar-refractivity contribution in [3.63, 3.8) is 0 Å². The van der Waals surface area contributed by atoms with Gasteiger partial charge in [0.05, 0.1) is 11.4 Å². The third-order valence-electron chi connectivity index (χ3n) is 4.54. The van der Waals surface area contributed by atoms with E-state index in [0.29, 0.717) is 34.3 Å². The van der Waals surface area contributed by atoms with E-state index in [1.165, 1.54) is 17.8 Å². The van der Waals surface area contributed by atoms with Crippen LogP contribution in [0, 0.1) is 17.2 Å². The lowest BCUT2D eigenvalue weighted by Crippen LogP contribution is -2.20. The van der Waals surface area contributed by atoms with Gasteiger partial charge in [-0.3, -0.25) is 0 Å². The predicted octanol–water partition coefficient (Wildman–Crippen LogP) is 3.57. The zero-order chi connectivity index (χ0) is 18.1. The van der Waals surface area contributed by atoms with Crippen molar-refractivity contribution in [3.8, 4) is 28.2 Å². The highest BCUT2D eigenvalue weighted by Gasteiger charge is 2.21. The van der Waals surface area contributed by atoms with Crippen LogP contribution in [0.5, 0.6) is 0 Å². The number of rotatable bonds is 3. The van der Waals surface area contributed by atoms with E-state index in [1.807, 2.05) is 23.6 Å². The average Bonchev–Trinajstić information content (AvgIpc) is 3.33. The molecule has 0 bridgehead atoms. The van der Waals surface area contributed by atoms with Crippen LogP contribution in [-0.4, -0.2) is 28.0 Å². The molecule has 1 fully saturated rings. The third-order valence-corrected chi connectivity index (χ3v) is 5.33. The molecular formula is C19H18N6S. The molecule has 0 aromatic carbocycles. The van der Waals surface area contributed by atoms with Crippen LogP contribution in [0.1, 0.15) is 18.9 Å².